The maximum Gasteiger partial charge on any atom is 0.414 e. The van der Waals surface area contributed by atoms with E-state index in [-0.39, 0.29) is 11.9 Å². The summed E-state index contributed by atoms with van der Waals surface area (Å²) in [4.78, 5) is 23.1. The van der Waals surface area contributed by atoms with Crippen LogP contribution in [0.15, 0.2) is 18.3 Å². The fourth-order valence-electron chi connectivity index (χ4n) is 4.04. The lowest BCUT2D eigenvalue weighted by molar-refractivity contribution is -0.389. The SMILES string of the molecule is CC1Cn2cc([N+](=O)[O-])nc2O1.CN1CCc2nc(N3CCCCC3)ccc2C1. The summed E-state index contributed by atoms with van der Waals surface area (Å²) in [7, 11) is 2.18. The second-order valence-corrected chi connectivity index (χ2v) is 8.03. The van der Waals surface area contributed by atoms with Crippen molar-refractivity contribution < 1.29 is 9.66 Å². The first-order chi connectivity index (χ1) is 14.0. The van der Waals surface area contributed by atoms with Crippen LogP contribution in [-0.2, 0) is 19.5 Å². The first-order valence-corrected chi connectivity index (χ1v) is 10.3. The van der Waals surface area contributed by atoms with Crippen LogP contribution < -0.4 is 9.64 Å². The number of piperidine rings is 1. The molecule has 9 heteroatoms. The number of nitrogens with zero attached hydrogens (tertiary/aromatic N) is 6. The van der Waals surface area contributed by atoms with E-state index in [1.54, 1.807) is 4.57 Å². The second kappa shape index (κ2) is 8.36. The molecule has 0 aliphatic carbocycles. The second-order valence-electron chi connectivity index (χ2n) is 8.03. The monoisotopic (exact) mass is 400 g/mol. The van der Waals surface area contributed by atoms with Gasteiger partial charge < -0.3 is 24.7 Å². The Morgan fingerprint density at radius 3 is 2.69 bits per heavy atom. The summed E-state index contributed by atoms with van der Waals surface area (Å²) in [6.07, 6.45) is 6.58. The highest BCUT2D eigenvalue weighted by Crippen LogP contribution is 2.24. The molecule has 0 saturated carbocycles. The Kier molecular flexibility index (Phi) is 5.66. The summed E-state index contributed by atoms with van der Waals surface area (Å²) in [5, 5.41) is 10.3. The molecule has 0 aromatic carbocycles. The Labute approximate surface area is 170 Å². The maximum atomic E-state index is 10.3. The molecule has 0 spiro atoms. The van der Waals surface area contributed by atoms with Crippen LogP contribution in [-0.4, -0.2) is 57.1 Å². The van der Waals surface area contributed by atoms with Gasteiger partial charge in [0.15, 0.2) is 0 Å². The Morgan fingerprint density at radius 1 is 1.17 bits per heavy atom. The van der Waals surface area contributed by atoms with Gasteiger partial charge in [-0.05, 0) is 49.8 Å². The van der Waals surface area contributed by atoms with Gasteiger partial charge in [0.2, 0.25) is 0 Å². The van der Waals surface area contributed by atoms with E-state index in [4.69, 9.17) is 9.72 Å². The van der Waals surface area contributed by atoms with Gasteiger partial charge in [0.05, 0.1) is 6.54 Å². The minimum Gasteiger partial charge on any atom is -0.441 e. The molecule has 1 atom stereocenters. The number of aromatic nitrogens is 3. The van der Waals surface area contributed by atoms with Crippen molar-refractivity contribution >= 4 is 11.6 Å². The van der Waals surface area contributed by atoms with Crippen molar-refractivity contribution in [3.05, 3.63) is 39.7 Å². The summed E-state index contributed by atoms with van der Waals surface area (Å²) in [6.45, 7) is 7.10. The molecule has 5 heterocycles. The van der Waals surface area contributed by atoms with Gasteiger partial charge in [-0.2, -0.15) is 0 Å². The zero-order valence-corrected chi connectivity index (χ0v) is 17.1. The van der Waals surface area contributed by atoms with Gasteiger partial charge in [0.25, 0.3) is 0 Å². The largest absolute Gasteiger partial charge is 0.441 e. The van der Waals surface area contributed by atoms with E-state index in [9.17, 15) is 10.1 Å². The number of ether oxygens (including phenoxy) is 1. The molecule has 1 saturated heterocycles. The Morgan fingerprint density at radius 2 is 1.97 bits per heavy atom. The highest BCUT2D eigenvalue weighted by atomic mass is 16.6. The summed E-state index contributed by atoms with van der Waals surface area (Å²) >= 11 is 0. The van der Waals surface area contributed by atoms with E-state index in [0.717, 1.165) is 19.5 Å². The average molecular weight is 400 g/mol. The number of anilines is 1. The van der Waals surface area contributed by atoms with Crippen molar-refractivity contribution in [3.8, 4) is 6.01 Å². The van der Waals surface area contributed by atoms with Crippen LogP contribution in [0.2, 0.25) is 0 Å². The maximum absolute atomic E-state index is 10.3. The van der Waals surface area contributed by atoms with Crippen molar-refractivity contribution in [2.45, 2.75) is 51.8 Å². The highest BCUT2D eigenvalue weighted by Gasteiger charge is 2.28. The van der Waals surface area contributed by atoms with E-state index < -0.39 is 4.92 Å². The standard InChI is InChI=1S/C14H21N3.C6H7N3O3/c1-16-10-7-13-12(11-16)5-6-14(15-13)17-8-3-2-4-9-17;1-4-2-8-3-5(9(10)11)7-6(8)12-4/h5-6H,2-4,7-11H2,1H3;3-4H,2H2,1H3. The van der Waals surface area contributed by atoms with Crippen molar-refractivity contribution in [1.29, 1.82) is 0 Å². The minimum atomic E-state index is -0.528. The van der Waals surface area contributed by atoms with E-state index in [2.05, 4.69) is 34.0 Å². The molecule has 1 unspecified atom stereocenters. The number of pyridine rings is 1. The van der Waals surface area contributed by atoms with Gasteiger partial charge in [-0.15, -0.1) is 0 Å². The number of rotatable bonds is 2. The lowest BCUT2D eigenvalue weighted by Gasteiger charge is -2.30. The molecule has 0 bridgehead atoms. The zero-order chi connectivity index (χ0) is 20.4. The molecule has 5 rings (SSSR count). The molecule has 3 aliphatic heterocycles. The fraction of sp³-hybridized carbons (Fsp3) is 0.600. The number of imidazole rings is 1. The van der Waals surface area contributed by atoms with Gasteiger partial charge in [0.1, 0.15) is 18.1 Å². The molecule has 9 nitrogen and oxygen atoms in total. The van der Waals surface area contributed by atoms with Crippen LogP contribution >= 0.6 is 0 Å². The molecular weight excluding hydrogens is 372 g/mol. The van der Waals surface area contributed by atoms with E-state index in [0.29, 0.717) is 12.6 Å². The number of hydrogen-bond acceptors (Lipinski definition) is 7. The fourth-order valence-corrected chi connectivity index (χ4v) is 4.04. The predicted octanol–water partition coefficient (Wildman–Crippen LogP) is 2.63. The third-order valence-electron chi connectivity index (χ3n) is 5.58. The van der Waals surface area contributed by atoms with Gasteiger partial charge in [0, 0.05) is 43.3 Å². The third kappa shape index (κ3) is 4.50. The minimum absolute atomic E-state index is 0.0632. The topological polar surface area (TPSA) is 89.6 Å². The first-order valence-electron chi connectivity index (χ1n) is 10.3. The molecule has 29 heavy (non-hydrogen) atoms. The zero-order valence-electron chi connectivity index (χ0n) is 17.1. The normalized spacial score (nSPS) is 20.9. The molecule has 156 valence electrons. The number of nitro groups is 1. The smallest absolute Gasteiger partial charge is 0.414 e. The summed E-state index contributed by atoms with van der Waals surface area (Å²) < 4.78 is 6.83. The molecule has 2 aromatic rings. The van der Waals surface area contributed by atoms with Crippen LogP contribution in [0.25, 0.3) is 0 Å². The van der Waals surface area contributed by atoms with Gasteiger partial charge >= 0.3 is 11.8 Å². The molecule has 3 aliphatic rings. The number of hydrogen-bond donors (Lipinski definition) is 0. The molecular formula is C20H28N6O3. The number of fused-ring (bicyclic) bond motifs is 2. The Hall–Kier alpha value is -2.68. The van der Waals surface area contributed by atoms with Crippen molar-refractivity contribution in [3.63, 3.8) is 0 Å². The molecule has 0 amide bonds. The lowest BCUT2D eigenvalue weighted by Crippen LogP contribution is -2.32. The van der Waals surface area contributed by atoms with E-state index in [1.165, 1.54) is 55.6 Å². The first kappa shape index (κ1) is 19.6. The van der Waals surface area contributed by atoms with Crippen LogP contribution in [0.3, 0.4) is 0 Å². The predicted molar refractivity (Wildman–Crippen MR) is 109 cm³/mol. The summed E-state index contributed by atoms with van der Waals surface area (Å²) in [5.41, 5.74) is 2.74. The highest BCUT2D eigenvalue weighted by molar-refractivity contribution is 5.42. The van der Waals surface area contributed by atoms with Crippen molar-refractivity contribution in [2.24, 2.45) is 0 Å². The summed E-state index contributed by atoms with van der Waals surface area (Å²) in [5.74, 6) is 1.05. The van der Waals surface area contributed by atoms with Crippen LogP contribution in [0.1, 0.15) is 37.4 Å². The van der Waals surface area contributed by atoms with Gasteiger partial charge in [-0.25, -0.2) is 4.98 Å². The molecule has 0 N–H and O–H groups in total. The molecule has 2 aromatic heterocycles. The lowest BCUT2D eigenvalue weighted by atomic mass is 10.1. The quantitative estimate of drug-likeness (QED) is 0.565. The van der Waals surface area contributed by atoms with Crippen LogP contribution in [0, 0.1) is 10.1 Å². The molecule has 0 radical (unpaired) electrons. The van der Waals surface area contributed by atoms with E-state index >= 15 is 0 Å². The average Bonchev–Trinajstić information content (AvgIpc) is 3.26. The van der Waals surface area contributed by atoms with Crippen LogP contribution in [0.5, 0.6) is 6.01 Å². The van der Waals surface area contributed by atoms with E-state index in [1.807, 2.05) is 6.92 Å². The number of likely N-dealkylation sites (N-methyl/N-ethyl adjacent to an activating group) is 1. The van der Waals surface area contributed by atoms with Crippen molar-refractivity contribution in [1.82, 2.24) is 19.4 Å². The summed E-state index contributed by atoms with van der Waals surface area (Å²) in [6, 6.07) is 4.83. The Balaban J connectivity index is 0.000000150. The molecule has 1 fully saturated rings. The van der Waals surface area contributed by atoms with Crippen molar-refractivity contribution in [2.75, 3.05) is 31.6 Å². The third-order valence-corrected chi connectivity index (χ3v) is 5.58. The van der Waals surface area contributed by atoms with Crippen LogP contribution in [0.4, 0.5) is 11.6 Å². The van der Waals surface area contributed by atoms with Gasteiger partial charge in [-0.3, -0.25) is 4.57 Å². The van der Waals surface area contributed by atoms with Gasteiger partial charge in [-0.1, -0.05) is 6.07 Å². The Bertz CT molecular complexity index is 854.